The summed E-state index contributed by atoms with van der Waals surface area (Å²) in [4.78, 5) is 51.3. The van der Waals surface area contributed by atoms with E-state index in [2.05, 4.69) is 38.3 Å². The van der Waals surface area contributed by atoms with E-state index in [1.807, 2.05) is 13.8 Å². The number of carbonyl (C=O) groups is 4. The average Bonchev–Trinajstić information content (AvgIpc) is 3.25. The van der Waals surface area contributed by atoms with E-state index < -0.39 is 41.1 Å². The molecule has 0 radical (unpaired) electrons. The number of amides is 2. The number of esters is 1. The van der Waals surface area contributed by atoms with Crippen LogP contribution < -0.4 is 10.6 Å². The zero-order chi connectivity index (χ0) is 36.7. The van der Waals surface area contributed by atoms with Gasteiger partial charge >= 0.3 is 24.1 Å². The predicted molar refractivity (Wildman–Crippen MR) is 178 cm³/mol. The molecule has 0 heterocycles. The highest BCUT2D eigenvalue weighted by atomic mass is 19.4. The van der Waals surface area contributed by atoms with Gasteiger partial charge in [-0.15, -0.1) is 0 Å². The Labute approximate surface area is 289 Å². The van der Waals surface area contributed by atoms with Crippen molar-refractivity contribution in [2.24, 2.45) is 51.2 Å². The first-order chi connectivity index (χ1) is 22.4. The SMILES string of the molecule is CC(C)C1=C2C3CCC4[C@@](C)(CCC5C(C)(C)[C@@H](OC(=O)CC(C)(C)C(=O)O)CC[C@@]54C)C3CCC2(NC(=O)N[C@H](C)C(F)(F)F)CC1=O. The monoisotopic (exact) mass is 694 g/mol. The number of ether oxygens (including phenoxy) is 1. The summed E-state index contributed by atoms with van der Waals surface area (Å²) in [6.45, 7) is 17.2. The lowest BCUT2D eigenvalue weighted by Gasteiger charge is -2.68. The topological polar surface area (TPSA) is 122 Å². The number of hydrogen-bond donors (Lipinski definition) is 3. The van der Waals surface area contributed by atoms with Gasteiger partial charge in [-0.3, -0.25) is 14.4 Å². The molecule has 9 atom stereocenters. The largest absolute Gasteiger partial charge is 0.481 e. The zero-order valence-electron chi connectivity index (χ0n) is 30.7. The molecule has 0 bridgehead atoms. The number of halogens is 3. The number of urea groups is 1. The van der Waals surface area contributed by atoms with E-state index in [4.69, 9.17) is 4.74 Å². The Hall–Kier alpha value is -2.59. The van der Waals surface area contributed by atoms with Crippen molar-refractivity contribution in [1.82, 2.24) is 10.6 Å². The van der Waals surface area contributed by atoms with Crippen molar-refractivity contribution in [2.45, 2.75) is 150 Å². The molecule has 276 valence electrons. The minimum Gasteiger partial charge on any atom is -0.481 e. The van der Waals surface area contributed by atoms with Gasteiger partial charge in [0.2, 0.25) is 0 Å². The molecule has 3 N–H and O–H groups in total. The van der Waals surface area contributed by atoms with Gasteiger partial charge < -0.3 is 20.5 Å². The molecule has 8 nitrogen and oxygen atoms in total. The fourth-order valence-corrected chi connectivity index (χ4v) is 11.8. The normalized spacial score (nSPS) is 37.7. The number of carboxylic acids is 1. The molecule has 0 aromatic carbocycles. The van der Waals surface area contributed by atoms with Crippen LogP contribution in [0, 0.1) is 51.2 Å². The van der Waals surface area contributed by atoms with Crippen LogP contribution in [0.4, 0.5) is 18.0 Å². The van der Waals surface area contributed by atoms with Gasteiger partial charge in [-0.2, -0.15) is 13.2 Å². The Balaban J connectivity index is 1.40. The first-order valence-electron chi connectivity index (χ1n) is 18.3. The number of Topliss-reactive ketones (excluding diaryl/α,β-unsaturated/α-hetero) is 1. The lowest BCUT2D eigenvalue weighted by molar-refractivity contribution is -0.213. The Morgan fingerprint density at radius 2 is 1.55 bits per heavy atom. The standard InChI is InChI=1S/C38H57F3N2O6/c1-20(2)29-24(44)18-37(43-32(48)42-21(3)38(39,40)41)17-12-23-22(30(29)37)10-11-26-35(23,8)15-13-25-34(6,7)27(14-16-36(25,26)9)49-28(45)19-33(4,5)31(46)47/h20-23,25-27H,10-19H2,1-9H3,(H,46,47)(H2,42,43,48)/t21-,22?,23?,25?,26?,27+,35+,36+,37?/m1/s1. The van der Waals surface area contributed by atoms with Crippen LogP contribution >= 0.6 is 0 Å². The van der Waals surface area contributed by atoms with Crippen LogP contribution in [0.3, 0.4) is 0 Å². The second kappa shape index (κ2) is 12.3. The lowest BCUT2D eigenvalue weighted by atomic mass is 9.37. The van der Waals surface area contributed by atoms with Crippen LogP contribution in [0.2, 0.25) is 0 Å². The summed E-state index contributed by atoms with van der Waals surface area (Å²) in [7, 11) is 0. The zero-order valence-corrected chi connectivity index (χ0v) is 30.7. The highest BCUT2D eigenvalue weighted by molar-refractivity contribution is 6.02. The van der Waals surface area contributed by atoms with Gasteiger partial charge in [0, 0.05) is 11.8 Å². The van der Waals surface area contributed by atoms with E-state index in [1.165, 1.54) is 13.8 Å². The molecular weight excluding hydrogens is 637 g/mol. The van der Waals surface area contributed by atoms with E-state index >= 15 is 0 Å². The third kappa shape index (κ3) is 6.21. The first-order valence-corrected chi connectivity index (χ1v) is 18.3. The average molecular weight is 695 g/mol. The summed E-state index contributed by atoms with van der Waals surface area (Å²) in [6, 6.07) is -2.91. The fraction of sp³-hybridized carbons (Fsp3) is 0.842. The third-order valence-electron chi connectivity index (χ3n) is 14.2. The van der Waals surface area contributed by atoms with Crippen molar-refractivity contribution in [1.29, 1.82) is 0 Å². The van der Waals surface area contributed by atoms with Gasteiger partial charge in [0.05, 0.1) is 17.4 Å². The van der Waals surface area contributed by atoms with Crippen molar-refractivity contribution in [3.63, 3.8) is 0 Å². The van der Waals surface area contributed by atoms with Gasteiger partial charge in [0.15, 0.2) is 5.78 Å². The van der Waals surface area contributed by atoms with Crippen LogP contribution in [0.1, 0.15) is 127 Å². The van der Waals surface area contributed by atoms with Gasteiger partial charge in [-0.1, -0.05) is 41.5 Å². The molecule has 5 rings (SSSR count). The molecule has 0 aromatic rings. The third-order valence-corrected chi connectivity index (χ3v) is 14.2. The number of carbonyl (C=O) groups excluding carboxylic acids is 3. The number of hydrogen-bond acceptors (Lipinski definition) is 5. The summed E-state index contributed by atoms with van der Waals surface area (Å²) in [5.41, 5.74) is -0.850. The Kier molecular flexibility index (Phi) is 9.44. The summed E-state index contributed by atoms with van der Waals surface area (Å²) >= 11 is 0. The van der Waals surface area contributed by atoms with Crippen molar-refractivity contribution < 1.29 is 42.2 Å². The molecule has 0 aromatic heterocycles. The summed E-state index contributed by atoms with van der Waals surface area (Å²) < 4.78 is 46.0. The van der Waals surface area contributed by atoms with Crippen LogP contribution in [-0.2, 0) is 19.1 Å². The van der Waals surface area contributed by atoms with E-state index in [1.54, 1.807) is 0 Å². The highest BCUT2D eigenvalue weighted by Gasteiger charge is 2.67. The Bertz CT molecular complexity index is 1420. The Morgan fingerprint density at radius 3 is 2.14 bits per heavy atom. The van der Waals surface area contributed by atoms with Crippen molar-refractivity contribution in [3.8, 4) is 0 Å². The first kappa shape index (κ1) is 37.7. The van der Waals surface area contributed by atoms with Crippen LogP contribution in [0.15, 0.2) is 11.1 Å². The fourth-order valence-electron chi connectivity index (χ4n) is 11.8. The maximum Gasteiger partial charge on any atom is 0.408 e. The summed E-state index contributed by atoms with van der Waals surface area (Å²) in [6.07, 6.45) is 1.61. The quantitative estimate of drug-likeness (QED) is 0.232. The second-order valence-corrected chi connectivity index (χ2v) is 18.2. The number of nitrogens with one attached hydrogen (secondary N) is 2. The molecule has 5 unspecified atom stereocenters. The van der Waals surface area contributed by atoms with Gasteiger partial charge in [-0.05, 0) is 124 Å². The molecule has 5 aliphatic carbocycles. The number of fused-ring (bicyclic) bond motifs is 7. The smallest absolute Gasteiger partial charge is 0.408 e. The van der Waals surface area contributed by atoms with Crippen LogP contribution in [0.25, 0.3) is 0 Å². The number of alkyl halides is 3. The van der Waals surface area contributed by atoms with Crippen molar-refractivity contribution in [3.05, 3.63) is 11.1 Å². The number of allylic oxidation sites excluding steroid dienone is 1. The number of carboxylic acid groups (broad SMARTS) is 1. The molecule has 0 saturated heterocycles. The Morgan fingerprint density at radius 1 is 0.918 bits per heavy atom. The van der Waals surface area contributed by atoms with Gasteiger partial charge in [-0.25, -0.2) is 4.79 Å². The molecule has 4 saturated carbocycles. The minimum absolute atomic E-state index is 0.0147. The van der Waals surface area contributed by atoms with Gasteiger partial charge in [0.25, 0.3) is 0 Å². The van der Waals surface area contributed by atoms with Crippen molar-refractivity contribution in [2.75, 3.05) is 0 Å². The minimum atomic E-state index is -4.57. The maximum atomic E-state index is 13.6. The number of aliphatic carboxylic acids is 1. The van der Waals surface area contributed by atoms with Crippen LogP contribution in [-0.4, -0.2) is 52.7 Å². The molecule has 11 heteroatoms. The molecule has 5 aliphatic rings. The molecular formula is C38H57F3N2O6. The van der Waals surface area contributed by atoms with Crippen molar-refractivity contribution >= 4 is 23.8 Å². The maximum absolute atomic E-state index is 13.6. The molecule has 0 spiro atoms. The molecule has 4 fully saturated rings. The van der Waals surface area contributed by atoms with Gasteiger partial charge in [0.1, 0.15) is 12.1 Å². The van der Waals surface area contributed by atoms with E-state index in [0.29, 0.717) is 18.8 Å². The number of rotatable bonds is 7. The van der Waals surface area contributed by atoms with E-state index in [9.17, 15) is 37.5 Å². The van der Waals surface area contributed by atoms with Crippen LogP contribution in [0.5, 0.6) is 0 Å². The van der Waals surface area contributed by atoms with E-state index in [0.717, 1.165) is 56.6 Å². The summed E-state index contributed by atoms with van der Waals surface area (Å²) in [5, 5.41) is 14.5. The second-order valence-electron chi connectivity index (χ2n) is 18.2. The number of ketones is 1. The summed E-state index contributed by atoms with van der Waals surface area (Å²) in [5.74, 6) is -0.592. The predicted octanol–water partition coefficient (Wildman–Crippen LogP) is 7.99. The molecule has 2 amide bonds. The molecule has 0 aliphatic heterocycles. The molecule has 49 heavy (non-hydrogen) atoms. The van der Waals surface area contributed by atoms with E-state index in [-0.39, 0.29) is 64.6 Å². The highest BCUT2D eigenvalue weighted by Crippen LogP contribution is 2.72. The lowest BCUT2D eigenvalue weighted by Crippen LogP contribution is -2.64.